The molecule has 0 radical (unpaired) electrons. The third-order valence-electron chi connectivity index (χ3n) is 4.40. The lowest BCUT2D eigenvalue weighted by molar-refractivity contribution is -0.141. The number of ketones is 3. The molecule has 2 aliphatic rings. The van der Waals surface area contributed by atoms with E-state index in [4.69, 9.17) is 0 Å². The summed E-state index contributed by atoms with van der Waals surface area (Å²) in [6.07, 6.45) is 3.30. The average Bonchev–Trinajstić information content (AvgIpc) is 2.99. The maximum atomic E-state index is 11.8. The highest BCUT2D eigenvalue weighted by molar-refractivity contribution is 7.12. The van der Waals surface area contributed by atoms with Gasteiger partial charge in [-0.3, -0.25) is 14.4 Å². The van der Waals surface area contributed by atoms with Gasteiger partial charge >= 0.3 is 0 Å². The minimum atomic E-state index is -0.754. The first-order valence-corrected chi connectivity index (χ1v) is 7.64. The second-order valence-electron chi connectivity index (χ2n) is 5.44. The van der Waals surface area contributed by atoms with Gasteiger partial charge in [0, 0.05) is 21.6 Å². The first kappa shape index (κ1) is 12.7. The molecule has 0 amide bonds. The monoisotopic (exact) mass is 276 g/mol. The molecule has 3 rings (SSSR count). The summed E-state index contributed by atoms with van der Waals surface area (Å²) in [7, 11) is 0. The van der Waals surface area contributed by atoms with Gasteiger partial charge in [-0.05, 0) is 43.7 Å². The molecule has 100 valence electrons. The van der Waals surface area contributed by atoms with E-state index in [1.54, 1.807) is 11.3 Å². The van der Waals surface area contributed by atoms with Crippen molar-refractivity contribution in [3.8, 4) is 0 Å². The number of carbonyl (C=O) groups excluding carboxylic acids is 3. The maximum absolute atomic E-state index is 11.8. The average molecular weight is 276 g/mol. The van der Waals surface area contributed by atoms with E-state index >= 15 is 0 Å². The Bertz CT molecular complexity index is 557. The fourth-order valence-electron chi connectivity index (χ4n) is 3.29. The Morgan fingerprint density at radius 1 is 1.11 bits per heavy atom. The fourth-order valence-corrected chi connectivity index (χ4v) is 4.39. The van der Waals surface area contributed by atoms with Gasteiger partial charge in [0.25, 0.3) is 5.78 Å². The number of rotatable bonds is 2. The van der Waals surface area contributed by atoms with Crippen molar-refractivity contribution in [3.63, 3.8) is 0 Å². The summed E-state index contributed by atoms with van der Waals surface area (Å²) in [6.45, 7) is 2.13. The summed E-state index contributed by atoms with van der Waals surface area (Å²) in [5.41, 5.74) is 0. The molecule has 0 saturated heterocycles. The van der Waals surface area contributed by atoms with E-state index in [2.05, 4.69) is 19.1 Å². The molecular formula is C15H16O3S. The highest BCUT2D eigenvalue weighted by Gasteiger charge is 2.51. The smallest absolute Gasteiger partial charge is 0.264 e. The first-order valence-electron chi connectivity index (χ1n) is 6.82. The van der Waals surface area contributed by atoms with Gasteiger partial charge in [0.1, 0.15) is 0 Å². The van der Waals surface area contributed by atoms with Crippen LogP contribution in [0.5, 0.6) is 0 Å². The van der Waals surface area contributed by atoms with Gasteiger partial charge in [-0.1, -0.05) is 6.92 Å². The van der Waals surface area contributed by atoms with Crippen LogP contribution in [-0.4, -0.2) is 17.3 Å². The van der Waals surface area contributed by atoms with Gasteiger partial charge in [0.15, 0.2) is 0 Å². The van der Waals surface area contributed by atoms with E-state index < -0.39 is 17.3 Å². The quantitative estimate of drug-likeness (QED) is 0.780. The molecule has 2 saturated carbocycles. The Kier molecular flexibility index (Phi) is 3.13. The zero-order valence-corrected chi connectivity index (χ0v) is 11.7. The summed E-state index contributed by atoms with van der Waals surface area (Å²) in [6, 6.07) is 4.27. The van der Waals surface area contributed by atoms with E-state index in [1.807, 2.05) is 0 Å². The fraction of sp³-hybridized carbons (Fsp3) is 0.533. The zero-order valence-electron chi connectivity index (χ0n) is 10.8. The molecule has 0 spiro atoms. The van der Waals surface area contributed by atoms with Crippen molar-refractivity contribution in [2.45, 2.75) is 38.5 Å². The standard InChI is InChI=1S/C15H16O3S/c1-2-9-4-6-12(19-9)8-3-5-10-11(7-8)14(17)15(18)13(10)16/h4,6,8,10-11H,2-3,5,7H2,1H3. The lowest BCUT2D eigenvalue weighted by Crippen LogP contribution is -2.25. The van der Waals surface area contributed by atoms with Crippen LogP contribution in [0.25, 0.3) is 0 Å². The van der Waals surface area contributed by atoms with Crippen LogP contribution in [-0.2, 0) is 20.8 Å². The topological polar surface area (TPSA) is 51.2 Å². The second-order valence-corrected chi connectivity index (χ2v) is 6.64. The molecule has 2 aliphatic carbocycles. The van der Waals surface area contributed by atoms with Crippen LogP contribution in [0.3, 0.4) is 0 Å². The van der Waals surface area contributed by atoms with E-state index in [0.717, 1.165) is 12.8 Å². The SMILES string of the molecule is CCc1ccc(C2CCC3C(=O)C(=O)C(=O)C3C2)s1. The molecule has 1 aromatic rings. The Labute approximate surface area is 116 Å². The Morgan fingerprint density at radius 2 is 1.84 bits per heavy atom. The maximum Gasteiger partial charge on any atom is 0.264 e. The molecule has 2 fully saturated rings. The third-order valence-corrected chi connectivity index (χ3v) is 5.80. The van der Waals surface area contributed by atoms with E-state index in [0.29, 0.717) is 18.8 Å². The number of hydrogen-bond acceptors (Lipinski definition) is 4. The van der Waals surface area contributed by atoms with Crippen LogP contribution >= 0.6 is 11.3 Å². The summed E-state index contributed by atoms with van der Waals surface area (Å²) in [4.78, 5) is 37.6. The van der Waals surface area contributed by atoms with Crippen molar-refractivity contribution in [1.29, 1.82) is 0 Å². The summed E-state index contributed by atoms with van der Waals surface area (Å²) >= 11 is 1.80. The number of hydrogen-bond donors (Lipinski definition) is 0. The third kappa shape index (κ3) is 1.98. The van der Waals surface area contributed by atoms with Crippen LogP contribution in [0.15, 0.2) is 12.1 Å². The van der Waals surface area contributed by atoms with E-state index in [-0.39, 0.29) is 11.8 Å². The van der Waals surface area contributed by atoms with Crippen LogP contribution < -0.4 is 0 Å². The normalized spacial score (nSPS) is 30.8. The highest BCUT2D eigenvalue weighted by Crippen LogP contribution is 2.45. The van der Waals surface area contributed by atoms with Crippen molar-refractivity contribution in [3.05, 3.63) is 21.9 Å². The van der Waals surface area contributed by atoms with Gasteiger partial charge in [-0.25, -0.2) is 0 Å². The lowest BCUT2D eigenvalue weighted by Gasteiger charge is -2.28. The van der Waals surface area contributed by atoms with Crippen LogP contribution in [0, 0.1) is 11.8 Å². The summed E-state index contributed by atoms with van der Waals surface area (Å²) in [5.74, 6) is -1.95. The van der Waals surface area contributed by atoms with Crippen LogP contribution in [0.2, 0.25) is 0 Å². The number of carbonyl (C=O) groups is 3. The molecule has 1 heterocycles. The van der Waals surface area contributed by atoms with Gasteiger partial charge in [-0.15, -0.1) is 11.3 Å². The Morgan fingerprint density at radius 3 is 2.53 bits per heavy atom. The Balaban J connectivity index is 1.81. The molecule has 3 atom stereocenters. The van der Waals surface area contributed by atoms with E-state index in [9.17, 15) is 14.4 Å². The van der Waals surface area contributed by atoms with Crippen molar-refractivity contribution >= 4 is 28.7 Å². The van der Waals surface area contributed by atoms with Crippen molar-refractivity contribution in [2.24, 2.45) is 11.8 Å². The van der Waals surface area contributed by atoms with Crippen LogP contribution in [0.1, 0.15) is 41.9 Å². The number of Topliss-reactive ketones (excluding diaryl/α,β-unsaturated/α-hetero) is 3. The van der Waals surface area contributed by atoms with Crippen LogP contribution in [0.4, 0.5) is 0 Å². The minimum Gasteiger partial charge on any atom is -0.290 e. The predicted molar refractivity (Wildman–Crippen MR) is 72.3 cm³/mol. The first-order chi connectivity index (χ1) is 9.11. The molecule has 0 aromatic carbocycles. The molecular weight excluding hydrogens is 260 g/mol. The Hall–Kier alpha value is -1.29. The number of aryl methyl sites for hydroxylation is 1. The number of fused-ring (bicyclic) bond motifs is 1. The second kappa shape index (κ2) is 4.67. The summed E-state index contributed by atoms with van der Waals surface area (Å²) in [5, 5.41) is 0. The van der Waals surface area contributed by atoms with Gasteiger partial charge in [-0.2, -0.15) is 0 Å². The highest BCUT2D eigenvalue weighted by atomic mass is 32.1. The zero-order chi connectivity index (χ0) is 13.6. The van der Waals surface area contributed by atoms with Crippen molar-refractivity contribution in [2.75, 3.05) is 0 Å². The molecule has 0 N–H and O–H groups in total. The lowest BCUT2D eigenvalue weighted by atomic mass is 9.75. The molecule has 4 heteroatoms. The van der Waals surface area contributed by atoms with Gasteiger partial charge < -0.3 is 0 Å². The van der Waals surface area contributed by atoms with Crippen molar-refractivity contribution < 1.29 is 14.4 Å². The molecule has 0 bridgehead atoms. The predicted octanol–water partition coefficient (Wildman–Crippen LogP) is 2.53. The number of thiophene rings is 1. The van der Waals surface area contributed by atoms with Gasteiger partial charge in [0.05, 0.1) is 0 Å². The van der Waals surface area contributed by atoms with Crippen molar-refractivity contribution in [1.82, 2.24) is 0 Å². The molecule has 19 heavy (non-hydrogen) atoms. The van der Waals surface area contributed by atoms with E-state index in [1.165, 1.54) is 9.75 Å². The molecule has 3 unspecified atom stereocenters. The molecule has 3 nitrogen and oxygen atoms in total. The summed E-state index contributed by atoms with van der Waals surface area (Å²) < 4.78 is 0. The molecule has 0 aliphatic heterocycles. The van der Waals surface area contributed by atoms with Gasteiger partial charge in [0.2, 0.25) is 11.6 Å². The minimum absolute atomic E-state index is 0.318. The largest absolute Gasteiger partial charge is 0.290 e. The molecule has 1 aromatic heterocycles.